The van der Waals surface area contributed by atoms with E-state index in [2.05, 4.69) is 4.74 Å². The lowest BCUT2D eigenvalue weighted by molar-refractivity contribution is -0.142. The van der Waals surface area contributed by atoms with Gasteiger partial charge in [0.25, 0.3) is 0 Å². The van der Waals surface area contributed by atoms with Crippen LogP contribution in [0.2, 0.25) is 0 Å². The molecule has 0 saturated heterocycles. The van der Waals surface area contributed by atoms with Gasteiger partial charge in [0.05, 0.1) is 18.2 Å². The molecule has 0 saturated carbocycles. The normalized spacial score (nSPS) is 18.7. The van der Waals surface area contributed by atoms with Crippen LogP contribution in [0, 0.1) is 11.2 Å². The maximum atomic E-state index is 14.6. The van der Waals surface area contributed by atoms with E-state index in [1.165, 1.54) is 13.0 Å². The molecule has 6 nitrogen and oxygen atoms in total. The van der Waals surface area contributed by atoms with Gasteiger partial charge in [-0.15, -0.1) is 0 Å². The molecule has 0 aliphatic carbocycles. The van der Waals surface area contributed by atoms with Gasteiger partial charge in [0.15, 0.2) is 6.29 Å². The third-order valence-electron chi connectivity index (χ3n) is 3.91. The summed E-state index contributed by atoms with van der Waals surface area (Å²) in [6, 6.07) is 2.16. The van der Waals surface area contributed by atoms with Crippen LogP contribution in [0.15, 0.2) is 12.1 Å². The zero-order valence-corrected chi connectivity index (χ0v) is 15.1. The van der Waals surface area contributed by atoms with Crippen LogP contribution in [-0.4, -0.2) is 40.8 Å². The molecule has 138 valence electrons. The third-order valence-corrected chi connectivity index (χ3v) is 3.91. The van der Waals surface area contributed by atoms with Crippen LogP contribution < -0.4 is 4.74 Å². The van der Waals surface area contributed by atoms with E-state index in [1.807, 2.05) is 6.92 Å². The van der Waals surface area contributed by atoms with Crippen molar-refractivity contribution >= 4 is 11.9 Å². The number of halogens is 1. The van der Waals surface area contributed by atoms with Gasteiger partial charge in [0.1, 0.15) is 18.2 Å². The fourth-order valence-electron chi connectivity index (χ4n) is 2.56. The number of nitrogens with zero attached hydrogens (tertiary/aromatic N) is 1. The molecule has 2 unspecified atom stereocenters. The Labute approximate surface area is 146 Å². The van der Waals surface area contributed by atoms with Gasteiger partial charge in [-0.25, -0.2) is 9.18 Å². The smallest absolute Gasteiger partial charge is 0.340 e. The quantitative estimate of drug-likeness (QED) is 0.653. The standard InChI is InChI=1S/C18H24FNO5/c1-10-9-24-15-7-12(16(22)25-11(2)21)6-14(19)13(15)8-20(10)17(23)18(3,4)5/h6-7,10-11,21H,8-9H2,1-5H3. The minimum absolute atomic E-state index is 0.0552. The lowest BCUT2D eigenvalue weighted by Crippen LogP contribution is -2.45. The maximum Gasteiger partial charge on any atom is 0.340 e. The van der Waals surface area contributed by atoms with Gasteiger partial charge in [0, 0.05) is 11.0 Å². The van der Waals surface area contributed by atoms with E-state index in [9.17, 15) is 14.0 Å². The molecule has 1 aliphatic heterocycles. The van der Waals surface area contributed by atoms with Crippen LogP contribution in [-0.2, 0) is 16.1 Å². The predicted octanol–water partition coefficient (Wildman–Crippen LogP) is 2.48. The van der Waals surface area contributed by atoms with Gasteiger partial charge < -0.3 is 19.5 Å². The second-order valence-electron chi connectivity index (χ2n) is 7.28. The molecule has 0 fully saturated rings. The topological polar surface area (TPSA) is 76.1 Å². The van der Waals surface area contributed by atoms with Crippen LogP contribution in [0.1, 0.15) is 50.5 Å². The number of carbonyl (C=O) groups excluding carboxylic acids is 2. The number of hydrogen-bond donors (Lipinski definition) is 1. The molecule has 1 aromatic rings. The third kappa shape index (κ3) is 4.28. The number of ether oxygens (including phenoxy) is 2. The molecule has 7 heteroatoms. The number of fused-ring (bicyclic) bond motifs is 1. The molecule has 2 atom stereocenters. The van der Waals surface area contributed by atoms with Crippen molar-refractivity contribution in [2.45, 2.75) is 53.5 Å². The molecule has 0 bridgehead atoms. The molecule has 1 heterocycles. The Kier molecular flexibility index (Phi) is 5.37. The summed E-state index contributed by atoms with van der Waals surface area (Å²) in [6.45, 7) is 8.77. The van der Waals surface area contributed by atoms with Crippen LogP contribution in [0.25, 0.3) is 0 Å². The highest BCUT2D eigenvalue weighted by atomic mass is 19.1. The summed E-state index contributed by atoms with van der Waals surface area (Å²) in [6.07, 6.45) is -1.30. The fourth-order valence-corrected chi connectivity index (χ4v) is 2.56. The summed E-state index contributed by atoms with van der Waals surface area (Å²) in [5.74, 6) is -1.40. The van der Waals surface area contributed by atoms with E-state index in [1.54, 1.807) is 25.7 Å². The van der Waals surface area contributed by atoms with Crippen molar-refractivity contribution in [3.63, 3.8) is 0 Å². The molecule has 0 radical (unpaired) electrons. The van der Waals surface area contributed by atoms with Gasteiger partial charge in [0.2, 0.25) is 5.91 Å². The maximum absolute atomic E-state index is 14.6. The first-order chi connectivity index (χ1) is 11.5. The van der Waals surface area contributed by atoms with E-state index in [0.717, 1.165) is 6.07 Å². The second-order valence-corrected chi connectivity index (χ2v) is 7.28. The van der Waals surface area contributed by atoms with Gasteiger partial charge in [-0.1, -0.05) is 20.8 Å². The lowest BCUT2D eigenvalue weighted by atomic mass is 9.93. The Morgan fingerprint density at radius 3 is 2.60 bits per heavy atom. The molecule has 1 aromatic carbocycles. The van der Waals surface area contributed by atoms with Crippen molar-refractivity contribution in [2.75, 3.05) is 6.61 Å². The average Bonchev–Trinajstić information content (AvgIpc) is 2.64. The van der Waals surface area contributed by atoms with Gasteiger partial charge in [-0.3, -0.25) is 4.79 Å². The molecule has 0 aromatic heterocycles. The molecule has 25 heavy (non-hydrogen) atoms. The number of benzene rings is 1. The Morgan fingerprint density at radius 2 is 2.04 bits per heavy atom. The molecular formula is C18H24FNO5. The summed E-state index contributed by atoms with van der Waals surface area (Å²) in [5, 5.41) is 9.13. The van der Waals surface area contributed by atoms with Gasteiger partial charge in [-0.2, -0.15) is 0 Å². The van der Waals surface area contributed by atoms with Crippen molar-refractivity contribution < 1.29 is 28.6 Å². The second kappa shape index (κ2) is 7.00. The number of carbonyl (C=O) groups is 2. The average molecular weight is 353 g/mol. The highest BCUT2D eigenvalue weighted by Gasteiger charge is 2.34. The Bertz CT molecular complexity index is 681. The van der Waals surface area contributed by atoms with Crippen molar-refractivity contribution in [1.82, 2.24) is 4.90 Å². The first-order valence-corrected chi connectivity index (χ1v) is 8.16. The number of aliphatic hydroxyl groups is 1. The van der Waals surface area contributed by atoms with Crippen molar-refractivity contribution in [2.24, 2.45) is 5.41 Å². The van der Waals surface area contributed by atoms with E-state index >= 15 is 0 Å². The monoisotopic (exact) mass is 353 g/mol. The predicted molar refractivity (Wildman–Crippen MR) is 88.5 cm³/mol. The number of aliphatic hydroxyl groups excluding tert-OH is 1. The fraction of sp³-hybridized carbons (Fsp3) is 0.556. The molecule has 1 aliphatic rings. The number of esters is 1. The molecule has 0 spiro atoms. The van der Waals surface area contributed by atoms with Gasteiger partial charge >= 0.3 is 5.97 Å². The minimum atomic E-state index is -1.30. The Morgan fingerprint density at radius 1 is 1.40 bits per heavy atom. The number of rotatable bonds is 2. The van der Waals surface area contributed by atoms with Crippen LogP contribution in [0.5, 0.6) is 5.75 Å². The van der Waals surface area contributed by atoms with Crippen LogP contribution in [0.4, 0.5) is 4.39 Å². The highest BCUT2D eigenvalue weighted by molar-refractivity contribution is 5.90. The molecule has 1 amide bonds. The van der Waals surface area contributed by atoms with Crippen molar-refractivity contribution in [3.8, 4) is 5.75 Å². The summed E-state index contributed by atoms with van der Waals surface area (Å²) >= 11 is 0. The first kappa shape index (κ1) is 19.2. The number of hydrogen-bond acceptors (Lipinski definition) is 5. The summed E-state index contributed by atoms with van der Waals surface area (Å²) in [4.78, 5) is 26.1. The van der Waals surface area contributed by atoms with Crippen molar-refractivity contribution in [3.05, 3.63) is 29.1 Å². The lowest BCUT2D eigenvalue weighted by Gasteiger charge is -2.32. The van der Waals surface area contributed by atoms with E-state index in [-0.39, 0.29) is 42.0 Å². The SMILES string of the molecule is CC(O)OC(=O)c1cc(F)c2c(c1)OCC(C)N(C(=O)C(C)(C)C)C2. The van der Waals surface area contributed by atoms with Gasteiger partial charge in [-0.05, 0) is 26.0 Å². The Balaban J connectivity index is 2.37. The molecule has 1 N–H and O–H groups in total. The van der Waals surface area contributed by atoms with Crippen LogP contribution in [0.3, 0.4) is 0 Å². The number of amides is 1. The van der Waals surface area contributed by atoms with Crippen molar-refractivity contribution in [1.29, 1.82) is 0 Å². The largest absolute Gasteiger partial charge is 0.491 e. The minimum Gasteiger partial charge on any atom is -0.491 e. The van der Waals surface area contributed by atoms with E-state index in [0.29, 0.717) is 0 Å². The Hall–Kier alpha value is -2.15. The van der Waals surface area contributed by atoms with E-state index in [4.69, 9.17) is 9.84 Å². The zero-order chi connectivity index (χ0) is 18.9. The molecular weight excluding hydrogens is 329 g/mol. The van der Waals surface area contributed by atoms with E-state index < -0.39 is 23.5 Å². The first-order valence-electron chi connectivity index (χ1n) is 8.16. The zero-order valence-electron chi connectivity index (χ0n) is 15.1. The summed E-state index contributed by atoms with van der Waals surface area (Å²) < 4.78 is 24.9. The molecule has 2 rings (SSSR count). The van der Waals surface area contributed by atoms with Crippen LogP contribution >= 0.6 is 0 Å². The highest BCUT2D eigenvalue weighted by Crippen LogP contribution is 2.31. The summed E-state index contributed by atoms with van der Waals surface area (Å²) in [5.41, 5.74) is -0.438. The summed E-state index contributed by atoms with van der Waals surface area (Å²) in [7, 11) is 0.